The minimum Gasteiger partial charge on any atom is -0.0857 e. The number of rotatable bonds is 1. The van der Waals surface area contributed by atoms with E-state index in [4.69, 9.17) is 6.42 Å². The molecule has 0 bridgehead atoms. The van der Waals surface area contributed by atoms with Crippen molar-refractivity contribution in [3.05, 3.63) is 13.3 Å². The molecule has 0 fully saturated rings. The van der Waals surface area contributed by atoms with Gasteiger partial charge in [-0.2, -0.15) is 0 Å². The van der Waals surface area contributed by atoms with Crippen LogP contribution in [0, 0.1) is 25.2 Å². The fourth-order valence-electron chi connectivity index (χ4n) is 0.102. The van der Waals surface area contributed by atoms with E-state index in [1.807, 2.05) is 6.92 Å². The Labute approximate surface area is 39.6 Å². The van der Waals surface area contributed by atoms with Crippen LogP contribution in [0.25, 0.3) is 0 Å². The van der Waals surface area contributed by atoms with Crippen LogP contribution >= 0.6 is 0 Å². The third-order valence-electron chi connectivity index (χ3n) is 0.697. The summed E-state index contributed by atoms with van der Waals surface area (Å²) in [7, 11) is 0. The number of hydrogen-bond acceptors (Lipinski definition) is 0. The van der Waals surface area contributed by atoms with Crippen molar-refractivity contribution in [1.82, 2.24) is 0 Å². The van der Waals surface area contributed by atoms with Gasteiger partial charge in [-0.25, -0.2) is 0 Å². The SMILES string of the molecule is [C]#CC([CH2])CC. The topological polar surface area (TPSA) is 0 Å². The molecule has 0 heterocycles. The lowest BCUT2D eigenvalue weighted by Gasteiger charge is -1.89. The van der Waals surface area contributed by atoms with E-state index in [-0.39, 0.29) is 5.92 Å². The zero-order valence-corrected chi connectivity index (χ0v) is 3.99. The molecular formula is C6H8. The summed E-state index contributed by atoms with van der Waals surface area (Å²) in [6.45, 7) is 5.56. The van der Waals surface area contributed by atoms with Crippen LogP contribution in [-0.2, 0) is 0 Å². The van der Waals surface area contributed by atoms with Gasteiger partial charge < -0.3 is 0 Å². The van der Waals surface area contributed by atoms with Crippen LogP contribution in [0.5, 0.6) is 0 Å². The summed E-state index contributed by atoms with van der Waals surface area (Å²) in [6, 6.07) is 0. The smallest absolute Gasteiger partial charge is 0.0210 e. The van der Waals surface area contributed by atoms with Crippen LogP contribution in [-0.4, -0.2) is 0 Å². The van der Waals surface area contributed by atoms with Gasteiger partial charge in [-0.1, -0.05) is 12.8 Å². The fraction of sp³-hybridized carbons (Fsp3) is 0.500. The zero-order chi connectivity index (χ0) is 4.99. The van der Waals surface area contributed by atoms with Gasteiger partial charge in [-0.3, -0.25) is 0 Å². The van der Waals surface area contributed by atoms with E-state index >= 15 is 0 Å². The van der Waals surface area contributed by atoms with Crippen LogP contribution in [0.1, 0.15) is 13.3 Å². The lowest BCUT2D eigenvalue weighted by molar-refractivity contribution is 0.796. The molecule has 0 aliphatic rings. The zero-order valence-electron chi connectivity index (χ0n) is 3.99. The van der Waals surface area contributed by atoms with Gasteiger partial charge in [0, 0.05) is 5.92 Å². The fourth-order valence-corrected chi connectivity index (χ4v) is 0.102. The molecule has 0 aliphatic heterocycles. The van der Waals surface area contributed by atoms with Gasteiger partial charge in [0.05, 0.1) is 0 Å². The molecule has 0 aromatic carbocycles. The molecule has 2 radical (unpaired) electrons. The van der Waals surface area contributed by atoms with Crippen molar-refractivity contribution in [2.24, 2.45) is 5.92 Å². The Kier molecular flexibility index (Phi) is 2.58. The van der Waals surface area contributed by atoms with Crippen molar-refractivity contribution < 1.29 is 0 Å². The highest BCUT2D eigenvalue weighted by Gasteiger charge is 1.85. The van der Waals surface area contributed by atoms with E-state index < -0.39 is 0 Å². The van der Waals surface area contributed by atoms with Crippen molar-refractivity contribution in [3.8, 4) is 5.92 Å². The van der Waals surface area contributed by atoms with Crippen LogP contribution in [0.2, 0.25) is 0 Å². The van der Waals surface area contributed by atoms with E-state index in [1.54, 1.807) is 0 Å². The molecular weight excluding hydrogens is 72.1 g/mol. The van der Waals surface area contributed by atoms with Crippen molar-refractivity contribution >= 4 is 0 Å². The maximum Gasteiger partial charge on any atom is 0.0210 e. The first-order chi connectivity index (χ1) is 2.81. The van der Waals surface area contributed by atoms with Crippen LogP contribution in [0.15, 0.2) is 0 Å². The Hall–Kier alpha value is -0.440. The van der Waals surface area contributed by atoms with Crippen molar-refractivity contribution in [3.63, 3.8) is 0 Å². The van der Waals surface area contributed by atoms with Gasteiger partial charge >= 0.3 is 0 Å². The quantitative estimate of drug-likeness (QED) is 0.418. The minimum absolute atomic E-state index is 0.102. The lowest BCUT2D eigenvalue weighted by Crippen LogP contribution is -1.82. The minimum atomic E-state index is 0.102. The molecule has 0 heteroatoms. The maximum atomic E-state index is 6.50. The molecule has 32 valence electrons. The van der Waals surface area contributed by atoms with Gasteiger partial charge in [0.25, 0.3) is 0 Å². The van der Waals surface area contributed by atoms with Gasteiger partial charge in [0.1, 0.15) is 0 Å². The molecule has 0 aliphatic carbocycles. The Morgan fingerprint density at radius 2 is 2.50 bits per heavy atom. The predicted molar refractivity (Wildman–Crippen MR) is 26.3 cm³/mol. The first-order valence-electron chi connectivity index (χ1n) is 2.06. The molecule has 0 nitrogen and oxygen atoms in total. The molecule has 0 aromatic heterocycles. The largest absolute Gasteiger partial charge is 0.0857 e. The molecule has 0 saturated carbocycles. The van der Waals surface area contributed by atoms with E-state index in [0.29, 0.717) is 0 Å². The predicted octanol–water partition coefficient (Wildman–Crippen LogP) is 1.44. The normalized spacial score (nSPS) is 12.8. The van der Waals surface area contributed by atoms with Crippen LogP contribution in [0.4, 0.5) is 0 Å². The maximum absolute atomic E-state index is 6.50. The van der Waals surface area contributed by atoms with E-state index in [0.717, 1.165) is 6.42 Å². The van der Waals surface area contributed by atoms with Gasteiger partial charge in [-0.05, 0) is 19.8 Å². The lowest BCUT2D eigenvalue weighted by atomic mass is 10.1. The summed E-state index contributed by atoms with van der Waals surface area (Å²) >= 11 is 0. The molecule has 0 spiro atoms. The molecule has 1 atom stereocenters. The molecule has 1 unspecified atom stereocenters. The van der Waals surface area contributed by atoms with Gasteiger partial charge in [0.15, 0.2) is 0 Å². The van der Waals surface area contributed by atoms with Crippen LogP contribution in [0.3, 0.4) is 0 Å². The summed E-state index contributed by atoms with van der Waals surface area (Å²) in [5, 5.41) is 0. The average Bonchev–Trinajstić information content (AvgIpc) is 1.65. The summed E-state index contributed by atoms with van der Waals surface area (Å²) in [6.07, 6.45) is 7.42. The molecule has 0 rings (SSSR count). The molecule has 6 heavy (non-hydrogen) atoms. The highest BCUT2D eigenvalue weighted by molar-refractivity contribution is 4.87. The van der Waals surface area contributed by atoms with Gasteiger partial charge in [-0.15, -0.1) is 0 Å². The summed E-state index contributed by atoms with van der Waals surface area (Å²) in [5.41, 5.74) is 0. The summed E-state index contributed by atoms with van der Waals surface area (Å²) < 4.78 is 0. The third-order valence-corrected chi connectivity index (χ3v) is 0.697. The summed E-state index contributed by atoms with van der Waals surface area (Å²) in [4.78, 5) is 0. The second-order valence-corrected chi connectivity index (χ2v) is 1.25. The molecule has 0 aromatic rings. The first-order valence-corrected chi connectivity index (χ1v) is 2.06. The molecule has 0 amide bonds. The highest BCUT2D eigenvalue weighted by Crippen LogP contribution is 1.93. The van der Waals surface area contributed by atoms with Crippen molar-refractivity contribution in [2.45, 2.75) is 13.3 Å². The average molecular weight is 80.1 g/mol. The summed E-state index contributed by atoms with van der Waals surface area (Å²) in [5.74, 6) is 2.36. The highest BCUT2D eigenvalue weighted by atomic mass is 13.9. The van der Waals surface area contributed by atoms with Crippen molar-refractivity contribution in [2.75, 3.05) is 0 Å². The van der Waals surface area contributed by atoms with E-state index in [9.17, 15) is 0 Å². The second kappa shape index (κ2) is 2.78. The Bertz CT molecular complexity index is 56.9. The van der Waals surface area contributed by atoms with Gasteiger partial charge in [0.2, 0.25) is 0 Å². The monoisotopic (exact) mass is 80.1 g/mol. The third kappa shape index (κ3) is 1.84. The van der Waals surface area contributed by atoms with Crippen molar-refractivity contribution in [1.29, 1.82) is 0 Å². The van der Waals surface area contributed by atoms with Crippen LogP contribution < -0.4 is 0 Å². The van der Waals surface area contributed by atoms with E-state index in [1.165, 1.54) is 0 Å². The molecule has 0 N–H and O–H groups in total. The standard InChI is InChI=1S/C6H8/c1-4-6(3)5-2/h6H,3-4H2,1H3. The molecule has 0 saturated heterocycles. The van der Waals surface area contributed by atoms with E-state index in [2.05, 4.69) is 12.8 Å². The first kappa shape index (κ1) is 5.56. The Morgan fingerprint density at radius 1 is 2.00 bits per heavy atom. The number of hydrogen-bond donors (Lipinski definition) is 0. The Balaban J connectivity index is 3.04. The second-order valence-electron chi connectivity index (χ2n) is 1.25. The Morgan fingerprint density at radius 3 is 2.50 bits per heavy atom.